The van der Waals surface area contributed by atoms with E-state index in [1.54, 1.807) is 38.1 Å². The summed E-state index contributed by atoms with van der Waals surface area (Å²) in [5.41, 5.74) is 2.61. The zero-order chi connectivity index (χ0) is 31.1. The van der Waals surface area contributed by atoms with Gasteiger partial charge in [-0.2, -0.15) is 4.31 Å². The second-order valence-corrected chi connectivity index (χ2v) is 15.0. The van der Waals surface area contributed by atoms with Crippen molar-refractivity contribution in [2.45, 2.75) is 69.2 Å². The molecule has 3 aromatic rings. The fourth-order valence-corrected chi connectivity index (χ4v) is 7.97. The van der Waals surface area contributed by atoms with Crippen molar-refractivity contribution in [3.63, 3.8) is 0 Å². The van der Waals surface area contributed by atoms with Crippen LogP contribution in [0.25, 0.3) is 0 Å². The first-order valence-corrected chi connectivity index (χ1v) is 17.1. The summed E-state index contributed by atoms with van der Waals surface area (Å²) in [4.78, 5) is 17.9. The van der Waals surface area contributed by atoms with Crippen molar-refractivity contribution in [3.05, 3.63) is 95.1 Å². The lowest BCUT2D eigenvalue weighted by atomic mass is 9.85. The molecule has 234 valence electrons. The Kier molecular flexibility index (Phi) is 8.58. The zero-order valence-corrected chi connectivity index (χ0v) is 26.7. The Morgan fingerprint density at radius 1 is 0.955 bits per heavy atom. The zero-order valence-electron chi connectivity index (χ0n) is 25.9. The maximum absolute atomic E-state index is 14.2. The van der Waals surface area contributed by atoms with Crippen LogP contribution in [-0.2, 0) is 27.8 Å². The number of amides is 1. The van der Waals surface area contributed by atoms with Crippen molar-refractivity contribution in [1.82, 2.24) is 14.1 Å². The van der Waals surface area contributed by atoms with E-state index in [9.17, 15) is 18.3 Å². The van der Waals surface area contributed by atoms with Gasteiger partial charge in [0.1, 0.15) is 17.5 Å². The summed E-state index contributed by atoms with van der Waals surface area (Å²) < 4.78 is 36.1. The molecule has 3 aromatic carbocycles. The topological polar surface area (TPSA) is 90.4 Å². The molecular formula is C35H43N3O5S. The van der Waals surface area contributed by atoms with Gasteiger partial charge in [0.25, 0.3) is 0 Å². The summed E-state index contributed by atoms with van der Waals surface area (Å²) in [5.74, 6) is 0.832. The number of aryl methyl sites for hydroxylation is 1. The van der Waals surface area contributed by atoms with Gasteiger partial charge in [0, 0.05) is 44.8 Å². The van der Waals surface area contributed by atoms with Crippen molar-refractivity contribution < 1.29 is 23.1 Å². The molecule has 2 unspecified atom stereocenters. The Balaban J connectivity index is 1.24. The van der Waals surface area contributed by atoms with Crippen molar-refractivity contribution in [2.24, 2.45) is 5.92 Å². The Morgan fingerprint density at radius 3 is 2.30 bits per heavy atom. The van der Waals surface area contributed by atoms with Gasteiger partial charge in [-0.15, -0.1) is 0 Å². The van der Waals surface area contributed by atoms with Crippen LogP contribution in [0.4, 0.5) is 0 Å². The summed E-state index contributed by atoms with van der Waals surface area (Å²) in [5, 5.41) is 11.7. The minimum atomic E-state index is -3.94. The average Bonchev–Trinajstić information content (AvgIpc) is 3.83. The second kappa shape index (κ2) is 12.3. The monoisotopic (exact) mass is 617 g/mol. The average molecular weight is 618 g/mol. The number of benzene rings is 3. The van der Waals surface area contributed by atoms with E-state index in [1.165, 1.54) is 9.87 Å². The molecule has 0 radical (unpaired) electrons. The number of ether oxygens (including phenoxy) is 1. The first-order chi connectivity index (χ1) is 21.0. The number of nitrogens with zero attached hydrogens (tertiary/aromatic N) is 3. The van der Waals surface area contributed by atoms with E-state index in [0.717, 1.165) is 43.6 Å². The minimum absolute atomic E-state index is 0.0422. The predicted molar refractivity (Wildman–Crippen MR) is 170 cm³/mol. The Morgan fingerprint density at radius 2 is 1.64 bits per heavy atom. The highest BCUT2D eigenvalue weighted by molar-refractivity contribution is 7.89. The van der Waals surface area contributed by atoms with Crippen LogP contribution in [0.1, 0.15) is 55.0 Å². The number of sulfonamides is 1. The molecule has 0 aromatic heterocycles. The molecule has 2 atom stereocenters. The van der Waals surface area contributed by atoms with Gasteiger partial charge >= 0.3 is 0 Å². The molecule has 1 amide bonds. The van der Waals surface area contributed by atoms with Crippen LogP contribution in [0.3, 0.4) is 0 Å². The summed E-state index contributed by atoms with van der Waals surface area (Å²) in [6, 6.07) is 22.0. The van der Waals surface area contributed by atoms with Gasteiger partial charge in [0.15, 0.2) is 0 Å². The van der Waals surface area contributed by atoms with Crippen LogP contribution >= 0.6 is 0 Å². The quantitative estimate of drug-likeness (QED) is 0.379. The Labute approximate surface area is 261 Å². The number of piperazine rings is 1. The number of fused-ring (bicyclic) bond motifs is 1. The van der Waals surface area contributed by atoms with Crippen LogP contribution in [0.2, 0.25) is 0 Å². The molecule has 2 fully saturated rings. The molecule has 0 bridgehead atoms. The van der Waals surface area contributed by atoms with E-state index in [0.29, 0.717) is 30.9 Å². The Bertz CT molecular complexity index is 1580. The van der Waals surface area contributed by atoms with Crippen LogP contribution in [0, 0.1) is 12.8 Å². The number of aliphatic hydroxyl groups excluding tert-OH is 1. The standard InChI is InChI=1S/C35H43N3O5S/c1-25-9-14-29(15-10-25)44(41,42)38(24-27-11-12-27)33-30-21-28(13-16-31(30)43-35(2,3)34(33)40)22-32(39)37-19-17-36(18-20-37)23-26-7-5-4-6-8-26/h4-10,13-16,21,27,33-34,40H,11-12,17-20,22-24H2,1-3H3. The highest BCUT2D eigenvalue weighted by Crippen LogP contribution is 2.46. The van der Waals surface area contributed by atoms with Gasteiger partial charge in [-0.05, 0) is 74.9 Å². The maximum Gasteiger partial charge on any atom is 0.243 e. The molecule has 9 heteroatoms. The van der Waals surface area contributed by atoms with Gasteiger partial charge in [-0.1, -0.05) is 54.1 Å². The van der Waals surface area contributed by atoms with E-state index >= 15 is 0 Å². The van der Waals surface area contributed by atoms with E-state index < -0.39 is 27.8 Å². The third-order valence-corrected chi connectivity index (χ3v) is 11.0. The fraction of sp³-hybridized carbons (Fsp3) is 0.457. The normalized spacial score (nSPS) is 22.0. The molecule has 6 rings (SSSR count). The molecule has 3 aliphatic rings. The smallest absolute Gasteiger partial charge is 0.243 e. The SMILES string of the molecule is Cc1ccc(S(=O)(=O)N(CC2CC2)C2c3cc(CC(=O)N4CCN(Cc5ccccc5)CC4)ccc3OC(C)(C)C2O)cc1. The van der Waals surface area contributed by atoms with Crippen molar-refractivity contribution in [3.8, 4) is 5.75 Å². The number of hydrogen-bond donors (Lipinski definition) is 1. The van der Waals surface area contributed by atoms with Gasteiger partial charge in [0.2, 0.25) is 15.9 Å². The molecule has 1 saturated carbocycles. The van der Waals surface area contributed by atoms with E-state index in [2.05, 4.69) is 17.0 Å². The van der Waals surface area contributed by atoms with Gasteiger partial charge in [-0.3, -0.25) is 9.69 Å². The van der Waals surface area contributed by atoms with E-state index in [-0.39, 0.29) is 23.1 Å². The predicted octanol–water partition coefficient (Wildman–Crippen LogP) is 4.56. The second-order valence-electron chi connectivity index (χ2n) is 13.1. The number of aliphatic hydroxyl groups is 1. The summed E-state index contributed by atoms with van der Waals surface area (Å²) in [6.07, 6.45) is 1.01. The van der Waals surface area contributed by atoms with E-state index in [4.69, 9.17) is 4.74 Å². The van der Waals surface area contributed by atoms with Crippen LogP contribution in [0.5, 0.6) is 5.75 Å². The van der Waals surface area contributed by atoms with Crippen LogP contribution in [-0.4, -0.2) is 78.0 Å². The summed E-state index contributed by atoms with van der Waals surface area (Å²) in [6.45, 7) is 9.66. The lowest BCUT2D eigenvalue weighted by molar-refractivity contribution is -0.132. The highest BCUT2D eigenvalue weighted by atomic mass is 32.2. The third kappa shape index (κ3) is 6.56. The number of carbonyl (C=O) groups excluding carboxylic acids is 1. The molecule has 8 nitrogen and oxygen atoms in total. The molecule has 2 heterocycles. The molecule has 1 aliphatic carbocycles. The van der Waals surface area contributed by atoms with Crippen molar-refractivity contribution in [1.29, 1.82) is 0 Å². The number of carbonyl (C=O) groups is 1. The van der Waals surface area contributed by atoms with Gasteiger partial charge < -0.3 is 14.7 Å². The lowest BCUT2D eigenvalue weighted by Crippen LogP contribution is -2.55. The minimum Gasteiger partial charge on any atom is -0.485 e. The Hall–Kier alpha value is -3.24. The fourth-order valence-electron chi connectivity index (χ4n) is 6.28. The van der Waals surface area contributed by atoms with Gasteiger partial charge in [0.05, 0.1) is 17.4 Å². The first-order valence-electron chi connectivity index (χ1n) is 15.6. The maximum atomic E-state index is 14.2. The third-order valence-electron chi connectivity index (χ3n) is 9.18. The van der Waals surface area contributed by atoms with Crippen LogP contribution < -0.4 is 4.74 Å². The number of rotatable bonds is 9. The number of hydrogen-bond acceptors (Lipinski definition) is 6. The molecular weight excluding hydrogens is 574 g/mol. The lowest BCUT2D eigenvalue weighted by Gasteiger charge is -2.46. The summed E-state index contributed by atoms with van der Waals surface area (Å²) >= 11 is 0. The molecule has 0 spiro atoms. The first kappa shape index (κ1) is 30.8. The van der Waals surface area contributed by atoms with E-state index in [1.807, 2.05) is 48.2 Å². The summed E-state index contributed by atoms with van der Waals surface area (Å²) in [7, 11) is -3.94. The largest absolute Gasteiger partial charge is 0.485 e. The molecule has 1 saturated heterocycles. The van der Waals surface area contributed by atoms with Gasteiger partial charge in [-0.25, -0.2) is 8.42 Å². The van der Waals surface area contributed by atoms with Crippen molar-refractivity contribution in [2.75, 3.05) is 32.7 Å². The molecule has 2 aliphatic heterocycles. The van der Waals surface area contributed by atoms with Crippen LogP contribution in [0.15, 0.2) is 77.7 Å². The molecule has 1 N–H and O–H groups in total. The molecule has 44 heavy (non-hydrogen) atoms. The van der Waals surface area contributed by atoms with Crippen molar-refractivity contribution >= 4 is 15.9 Å². The highest BCUT2D eigenvalue weighted by Gasteiger charge is 2.50.